The third-order valence-corrected chi connectivity index (χ3v) is 3.49. The molecule has 21 heavy (non-hydrogen) atoms. The van der Waals surface area contributed by atoms with Crippen molar-refractivity contribution in [1.82, 2.24) is 15.4 Å². The van der Waals surface area contributed by atoms with Crippen LogP contribution < -0.4 is 15.4 Å². The molecule has 0 radical (unpaired) electrons. The van der Waals surface area contributed by atoms with Crippen LogP contribution in [0.4, 0.5) is 4.79 Å². The minimum Gasteiger partial charge on any atom is -0.481 e. The second kappa shape index (κ2) is 7.08. The number of sulfonamides is 1. The van der Waals surface area contributed by atoms with Crippen LogP contribution in [0.5, 0.6) is 0 Å². The Balaban J connectivity index is 4.35. The lowest BCUT2D eigenvalue weighted by Gasteiger charge is -2.29. The average molecular weight is 323 g/mol. The molecule has 0 aromatic carbocycles. The molecular formula is C12H25N3O5S. The van der Waals surface area contributed by atoms with Gasteiger partial charge in [-0.2, -0.15) is 0 Å². The van der Waals surface area contributed by atoms with Crippen molar-refractivity contribution in [2.75, 3.05) is 12.8 Å². The van der Waals surface area contributed by atoms with E-state index in [0.717, 1.165) is 6.26 Å². The van der Waals surface area contributed by atoms with Gasteiger partial charge in [-0.1, -0.05) is 0 Å². The summed E-state index contributed by atoms with van der Waals surface area (Å²) in [6.07, 6.45) is 1.29. The van der Waals surface area contributed by atoms with E-state index in [4.69, 9.17) is 5.11 Å². The lowest BCUT2D eigenvalue weighted by molar-refractivity contribution is -0.137. The number of carbonyl (C=O) groups excluding carboxylic acids is 1. The van der Waals surface area contributed by atoms with Gasteiger partial charge in [0.1, 0.15) is 0 Å². The molecule has 8 nitrogen and oxygen atoms in total. The maximum atomic E-state index is 11.8. The summed E-state index contributed by atoms with van der Waals surface area (Å²) in [7, 11) is -3.37. The zero-order valence-corrected chi connectivity index (χ0v) is 13.9. The summed E-state index contributed by atoms with van der Waals surface area (Å²) >= 11 is 0. The van der Waals surface area contributed by atoms with Gasteiger partial charge in [0.25, 0.3) is 0 Å². The SMILES string of the molecule is CC(C)(CCC(=O)O)NC(=O)NCC(C)(C)NS(C)(=O)=O. The normalized spacial score (nSPS) is 12.8. The van der Waals surface area contributed by atoms with Crippen LogP contribution >= 0.6 is 0 Å². The van der Waals surface area contributed by atoms with Gasteiger partial charge in [-0.15, -0.1) is 0 Å². The van der Waals surface area contributed by atoms with E-state index in [-0.39, 0.29) is 13.0 Å². The Morgan fingerprint density at radius 1 is 1.10 bits per heavy atom. The van der Waals surface area contributed by atoms with E-state index in [0.29, 0.717) is 6.42 Å². The second-order valence-electron chi connectivity index (χ2n) is 6.34. The van der Waals surface area contributed by atoms with Crippen LogP contribution in [0.25, 0.3) is 0 Å². The minimum absolute atomic E-state index is 0.0472. The van der Waals surface area contributed by atoms with Crippen molar-refractivity contribution >= 4 is 22.0 Å². The first kappa shape index (κ1) is 19.7. The molecule has 0 aromatic heterocycles. The number of aliphatic carboxylic acids is 1. The van der Waals surface area contributed by atoms with E-state index in [1.165, 1.54) is 0 Å². The van der Waals surface area contributed by atoms with Crippen LogP contribution in [-0.4, -0.2) is 49.4 Å². The third-order valence-electron chi connectivity index (χ3n) is 2.57. The van der Waals surface area contributed by atoms with Gasteiger partial charge in [0.05, 0.1) is 6.26 Å². The highest BCUT2D eigenvalue weighted by atomic mass is 32.2. The number of hydrogen-bond acceptors (Lipinski definition) is 4. The highest BCUT2D eigenvalue weighted by Gasteiger charge is 2.25. The first-order valence-electron chi connectivity index (χ1n) is 6.49. The van der Waals surface area contributed by atoms with Crippen molar-refractivity contribution in [3.05, 3.63) is 0 Å². The first-order valence-corrected chi connectivity index (χ1v) is 8.38. The highest BCUT2D eigenvalue weighted by Crippen LogP contribution is 2.11. The Morgan fingerprint density at radius 2 is 1.62 bits per heavy atom. The smallest absolute Gasteiger partial charge is 0.315 e. The minimum atomic E-state index is -3.37. The maximum Gasteiger partial charge on any atom is 0.315 e. The Labute approximate surface area is 125 Å². The van der Waals surface area contributed by atoms with Gasteiger partial charge in [0.15, 0.2) is 0 Å². The summed E-state index contributed by atoms with van der Waals surface area (Å²) in [5.74, 6) is -0.927. The summed E-state index contributed by atoms with van der Waals surface area (Å²) in [6.45, 7) is 6.82. The standard InChI is InChI=1S/C12H25N3O5S/c1-11(2,7-6-9(16)17)14-10(18)13-8-12(3,4)15-21(5,19)20/h15H,6-8H2,1-5H3,(H,16,17)(H2,13,14,18). The van der Waals surface area contributed by atoms with Crippen LogP contribution in [0.2, 0.25) is 0 Å². The monoisotopic (exact) mass is 323 g/mol. The molecule has 0 fully saturated rings. The lowest BCUT2D eigenvalue weighted by atomic mass is 9.99. The Hall–Kier alpha value is -1.35. The molecule has 0 heterocycles. The summed E-state index contributed by atoms with van der Waals surface area (Å²) < 4.78 is 24.8. The third kappa shape index (κ3) is 11.0. The van der Waals surface area contributed by atoms with Crippen LogP contribution in [-0.2, 0) is 14.8 Å². The summed E-state index contributed by atoms with van der Waals surface area (Å²) in [5, 5.41) is 13.9. The number of urea groups is 1. The first-order chi connectivity index (χ1) is 9.22. The Morgan fingerprint density at radius 3 is 2.05 bits per heavy atom. The zero-order valence-electron chi connectivity index (χ0n) is 13.1. The molecule has 0 aliphatic heterocycles. The highest BCUT2D eigenvalue weighted by molar-refractivity contribution is 7.88. The Kier molecular flexibility index (Phi) is 6.62. The maximum absolute atomic E-state index is 11.8. The molecule has 4 N–H and O–H groups in total. The fourth-order valence-corrected chi connectivity index (χ4v) is 2.75. The van der Waals surface area contributed by atoms with Crippen molar-refractivity contribution in [3.63, 3.8) is 0 Å². The van der Waals surface area contributed by atoms with Crippen molar-refractivity contribution in [1.29, 1.82) is 0 Å². The van der Waals surface area contributed by atoms with Gasteiger partial charge in [-0.05, 0) is 34.1 Å². The molecule has 0 aliphatic rings. The van der Waals surface area contributed by atoms with Crippen LogP contribution in [0.1, 0.15) is 40.5 Å². The molecule has 9 heteroatoms. The van der Waals surface area contributed by atoms with E-state index in [9.17, 15) is 18.0 Å². The molecule has 0 aromatic rings. The van der Waals surface area contributed by atoms with Crippen molar-refractivity contribution in [3.8, 4) is 0 Å². The molecule has 0 bridgehead atoms. The predicted molar refractivity (Wildman–Crippen MR) is 79.5 cm³/mol. The van der Waals surface area contributed by atoms with Crippen LogP contribution in [0, 0.1) is 0 Å². The topological polar surface area (TPSA) is 125 Å². The second-order valence-corrected chi connectivity index (χ2v) is 8.09. The summed E-state index contributed by atoms with van der Waals surface area (Å²) in [6, 6.07) is -0.478. The molecule has 0 spiro atoms. The van der Waals surface area contributed by atoms with Gasteiger partial charge in [-0.3, -0.25) is 4.79 Å². The zero-order chi connectivity index (χ0) is 16.9. The number of carboxylic acid groups (broad SMARTS) is 1. The molecule has 0 unspecified atom stereocenters. The number of nitrogens with one attached hydrogen (secondary N) is 3. The molecule has 0 atom stereocenters. The summed E-state index contributed by atoms with van der Waals surface area (Å²) in [4.78, 5) is 22.3. The average Bonchev–Trinajstić information content (AvgIpc) is 2.20. The molecule has 0 saturated heterocycles. The Bertz CT molecular complexity index is 485. The molecule has 2 amide bonds. The molecule has 0 rings (SSSR count). The van der Waals surface area contributed by atoms with Crippen molar-refractivity contribution < 1.29 is 23.1 Å². The van der Waals surface area contributed by atoms with E-state index in [2.05, 4.69) is 15.4 Å². The van der Waals surface area contributed by atoms with Gasteiger partial charge in [0, 0.05) is 24.0 Å². The van der Waals surface area contributed by atoms with Crippen LogP contribution in [0.15, 0.2) is 0 Å². The van der Waals surface area contributed by atoms with Crippen molar-refractivity contribution in [2.45, 2.75) is 51.6 Å². The van der Waals surface area contributed by atoms with Gasteiger partial charge in [0.2, 0.25) is 10.0 Å². The van der Waals surface area contributed by atoms with Crippen LogP contribution in [0.3, 0.4) is 0 Å². The molecule has 124 valence electrons. The largest absolute Gasteiger partial charge is 0.481 e. The fourth-order valence-electron chi connectivity index (χ4n) is 1.67. The van der Waals surface area contributed by atoms with E-state index in [1.54, 1.807) is 27.7 Å². The fraction of sp³-hybridized carbons (Fsp3) is 0.833. The van der Waals surface area contributed by atoms with E-state index in [1.807, 2.05) is 0 Å². The van der Waals surface area contributed by atoms with Gasteiger partial charge in [-0.25, -0.2) is 17.9 Å². The number of rotatable bonds is 8. The predicted octanol–water partition coefficient (Wildman–Crippen LogP) is 0.257. The number of carboxylic acids is 1. The van der Waals surface area contributed by atoms with Crippen molar-refractivity contribution in [2.24, 2.45) is 0 Å². The lowest BCUT2D eigenvalue weighted by Crippen LogP contribution is -2.55. The number of carbonyl (C=O) groups is 2. The van der Waals surface area contributed by atoms with E-state index < -0.39 is 33.1 Å². The molecule has 0 aliphatic carbocycles. The molecular weight excluding hydrogens is 298 g/mol. The number of hydrogen-bond donors (Lipinski definition) is 4. The number of amides is 2. The molecule has 0 saturated carbocycles. The quantitative estimate of drug-likeness (QED) is 0.510. The van der Waals surface area contributed by atoms with Gasteiger partial charge < -0.3 is 15.7 Å². The van der Waals surface area contributed by atoms with E-state index >= 15 is 0 Å². The van der Waals surface area contributed by atoms with Gasteiger partial charge >= 0.3 is 12.0 Å². The summed E-state index contributed by atoms with van der Waals surface area (Å²) in [5.41, 5.74) is -1.49.